The highest BCUT2D eigenvalue weighted by Gasteiger charge is 2.58. The van der Waals surface area contributed by atoms with Gasteiger partial charge in [-0.15, -0.1) is 11.6 Å². The molecule has 1 aliphatic heterocycles. The van der Waals surface area contributed by atoms with E-state index in [0.717, 1.165) is 18.9 Å². The van der Waals surface area contributed by atoms with Gasteiger partial charge in [0.05, 0.1) is 0 Å². The zero-order chi connectivity index (χ0) is 13.7. The van der Waals surface area contributed by atoms with Gasteiger partial charge in [-0.05, 0) is 17.9 Å². The molecule has 2 atom stereocenters. The van der Waals surface area contributed by atoms with E-state index in [1.165, 1.54) is 18.3 Å². The molecule has 1 saturated heterocycles. The van der Waals surface area contributed by atoms with E-state index in [1.54, 1.807) is 0 Å². The second-order valence-corrected chi connectivity index (χ2v) is 5.54. The van der Waals surface area contributed by atoms with E-state index in [2.05, 4.69) is 20.0 Å². The van der Waals surface area contributed by atoms with Gasteiger partial charge in [-0.25, -0.2) is 9.37 Å². The molecule has 2 unspecified atom stereocenters. The summed E-state index contributed by atoms with van der Waals surface area (Å²) in [5.41, 5.74) is 0. The van der Waals surface area contributed by atoms with Crippen molar-refractivity contribution in [2.75, 3.05) is 18.0 Å². The summed E-state index contributed by atoms with van der Waals surface area (Å²) in [4.78, 5) is 10.6. The smallest absolute Gasteiger partial charge is 0.241 e. The molecular weight excluding hydrogens is 283 g/mol. The Labute approximate surface area is 119 Å². The molecule has 0 N–H and O–H groups in total. The zero-order valence-electron chi connectivity index (χ0n) is 10.5. The first-order valence-electron chi connectivity index (χ1n) is 6.51. The van der Waals surface area contributed by atoms with Gasteiger partial charge in [0, 0.05) is 31.3 Å². The maximum atomic E-state index is 13.2. The van der Waals surface area contributed by atoms with Crippen molar-refractivity contribution < 1.29 is 8.91 Å². The van der Waals surface area contributed by atoms with E-state index in [-0.39, 0.29) is 11.7 Å². The van der Waals surface area contributed by atoms with Crippen LogP contribution in [0.1, 0.15) is 17.6 Å². The SMILES string of the molecule is Fc1ccnc(N2CC3C(C2)C3c2noc(CCl)n2)c1. The van der Waals surface area contributed by atoms with E-state index >= 15 is 0 Å². The van der Waals surface area contributed by atoms with Gasteiger partial charge in [0.2, 0.25) is 5.89 Å². The molecule has 0 radical (unpaired) electrons. The molecule has 0 amide bonds. The first-order chi connectivity index (χ1) is 9.76. The Morgan fingerprint density at radius 3 is 2.85 bits per heavy atom. The highest BCUT2D eigenvalue weighted by molar-refractivity contribution is 6.16. The molecular formula is C13H12ClFN4O. The summed E-state index contributed by atoms with van der Waals surface area (Å²) < 4.78 is 18.2. The molecule has 5 nitrogen and oxygen atoms in total. The van der Waals surface area contributed by atoms with Crippen molar-refractivity contribution in [2.24, 2.45) is 11.8 Å². The number of hydrogen-bond acceptors (Lipinski definition) is 5. The minimum Gasteiger partial charge on any atom is -0.356 e. The second-order valence-electron chi connectivity index (χ2n) is 5.27. The van der Waals surface area contributed by atoms with Gasteiger partial charge in [0.1, 0.15) is 17.5 Å². The molecule has 20 heavy (non-hydrogen) atoms. The monoisotopic (exact) mass is 294 g/mol. The molecule has 1 saturated carbocycles. The third-order valence-electron chi connectivity index (χ3n) is 4.12. The Bertz CT molecular complexity index is 637. The average Bonchev–Trinajstić information content (AvgIpc) is 2.87. The van der Waals surface area contributed by atoms with E-state index in [4.69, 9.17) is 16.1 Å². The minimum atomic E-state index is -0.253. The van der Waals surface area contributed by atoms with Crippen molar-refractivity contribution in [2.45, 2.75) is 11.8 Å². The van der Waals surface area contributed by atoms with Gasteiger partial charge >= 0.3 is 0 Å². The lowest BCUT2D eigenvalue weighted by Crippen LogP contribution is -2.24. The number of fused-ring (bicyclic) bond motifs is 1. The lowest BCUT2D eigenvalue weighted by atomic mass is 10.2. The summed E-state index contributed by atoms with van der Waals surface area (Å²) in [6.45, 7) is 1.72. The van der Waals surface area contributed by atoms with Crippen molar-refractivity contribution in [3.05, 3.63) is 35.9 Å². The van der Waals surface area contributed by atoms with Gasteiger partial charge in [0.25, 0.3) is 0 Å². The van der Waals surface area contributed by atoms with Crippen LogP contribution in [0.2, 0.25) is 0 Å². The zero-order valence-corrected chi connectivity index (χ0v) is 11.3. The van der Waals surface area contributed by atoms with E-state index in [9.17, 15) is 4.39 Å². The first-order valence-corrected chi connectivity index (χ1v) is 7.04. The molecule has 0 spiro atoms. The molecule has 0 bridgehead atoms. The molecule has 0 aromatic carbocycles. The molecule has 2 fully saturated rings. The van der Waals surface area contributed by atoms with Gasteiger partial charge in [-0.2, -0.15) is 4.98 Å². The fourth-order valence-corrected chi connectivity index (χ4v) is 3.23. The maximum Gasteiger partial charge on any atom is 0.241 e. The third-order valence-corrected chi connectivity index (χ3v) is 4.35. The van der Waals surface area contributed by atoms with E-state index in [1.807, 2.05) is 0 Å². The van der Waals surface area contributed by atoms with Gasteiger partial charge in [0.15, 0.2) is 5.82 Å². The number of alkyl halides is 1. The summed E-state index contributed by atoms with van der Waals surface area (Å²) in [5, 5.41) is 3.98. The van der Waals surface area contributed by atoms with Crippen molar-refractivity contribution in [1.82, 2.24) is 15.1 Å². The maximum absolute atomic E-state index is 13.2. The van der Waals surface area contributed by atoms with Crippen LogP contribution in [-0.2, 0) is 5.88 Å². The van der Waals surface area contributed by atoms with E-state index < -0.39 is 0 Å². The highest BCUT2D eigenvalue weighted by atomic mass is 35.5. The van der Waals surface area contributed by atoms with Crippen LogP contribution in [0, 0.1) is 17.7 Å². The molecule has 2 aromatic rings. The lowest BCUT2D eigenvalue weighted by Gasteiger charge is -2.20. The molecule has 1 aliphatic carbocycles. The highest BCUT2D eigenvalue weighted by Crippen LogP contribution is 2.57. The van der Waals surface area contributed by atoms with Crippen LogP contribution in [0.25, 0.3) is 0 Å². The minimum absolute atomic E-state index is 0.244. The molecule has 3 heterocycles. The molecule has 104 valence electrons. The van der Waals surface area contributed by atoms with Crippen LogP contribution >= 0.6 is 11.6 Å². The largest absolute Gasteiger partial charge is 0.356 e. The summed E-state index contributed by atoms with van der Waals surface area (Å²) in [6.07, 6.45) is 1.50. The Morgan fingerprint density at radius 1 is 1.40 bits per heavy atom. The van der Waals surface area contributed by atoms with Gasteiger partial charge < -0.3 is 9.42 Å². The molecule has 7 heteroatoms. The Kier molecular flexibility index (Phi) is 2.66. The van der Waals surface area contributed by atoms with Crippen LogP contribution in [0.3, 0.4) is 0 Å². The van der Waals surface area contributed by atoms with Gasteiger partial charge in [-0.1, -0.05) is 5.16 Å². The summed E-state index contributed by atoms with van der Waals surface area (Å²) >= 11 is 5.66. The summed E-state index contributed by atoms with van der Waals surface area (Å²) in [7, 11) is 0. The van der Waals surface area contributed by atoms with Crippen molar-refractivity contribution in [1.29, 1.82) is 0 Å². The summed E-state index contributed by atoms with van der Waals surface area (Å²) in [6, 6.07) is 2.83. The number of nitrogens with zero attached hydrogens (tertiary/aromatic N) is 4. The van der Waals surface area contributed by atoms with Crippen LogP contribution in [0.4, 0.5) is 10.2 Å². The number of halogens is 2. The van der Waals surface area contributed by atoms with Crippen molar-refractivity contribution in [3.63, 3.8) is 0 Å². The Morgan fingerprint density at radius 2 is 2.20 bits per heavy atom. The number of piperidine rings is 1. The summed E-state index contributed by atoms with van der Waals surface area (Å²) in [5.74, 6) is 3.26. The number of rotatable bonds is 3. The predicted molar refractivity (Wildman–Crippen MR) is 70.0 cm³/mol. The first kappa shape index (κ1) is 12.1. The second kappa shape index (κ2) is 4.41. The number of pyridine rings is 1. The fraction of sp³-hybridized carbons (Fsp3) is 0.462. The quantitative estimate of drug-likeness (QED) is 0.812. The number of anilines is 1. The van der Waals surface area contributed by atoms with Crippen molar-refractivity contribution in [3.8, 4) is 0 Å². The lowest BCUT2D eigenvalue weighted by molar-refractivity contribution is 0.383. The van der Waals surface area contributed by atoms with Gasteiger partial charge in [-0.3, -0.25) is 0 Å². The van der Waals surface area contributed by atoms with E-state index in [0.29, 0.717) is 29.5 Å². The average molecular weight is 295 g/mol. The fourth-order valence-electron chi connectivity index (χ4n) is 3.12. The topological polar surface area (TPSA) is 55.1 Å². The standard InChI is InChI=1S/C13H12ClFN4O/c14-4-11-17-13(18-20-11)12-8-5-19(6-9(8)12)10-3-7(15)1-2-16-10/h1-3,8-9,12H,4-6H2. The molecule has 4 rings (SSSR count). The number of aromatic nitrogens is 3. The van der Waals surface area contributed by atoms with Crippen LogP contribution in [0.15, 0.2) is 22.9 Å². The third kappa shape index (κ3) is 1.86. The van der Waals surface area contributed by atoms with Crippen molar-refractivity contribution >= 4 is 17.4 Å². The Hall–Kier alpha value is -1.69. The van der Waals surface area contributed by atoms with Crippen LogP contribution in [0.5, 0.6) is 0 Å². The normalized spacial score (nSPS) is 27.7. The van der Waals surface area contributed by atoms with Crippen LogP contribution in [-0.4, -0.2) is 28.2 Å². The number of hydrogen-bond donors (Lipinski definition) is 0. The van der Waals surface area contributed by atoms with Crippen LogP contribution < -0.4 is 4.90 Å². The molecule has 2 aromatic heterocycles. The predicted octanol–water partition coefficient (Wildman–Crippen LogP) is 2.19. The molecule has 2 aliphatic rings. The Balaban J connectivity index is 1.46.